The van der Waals surface area contributed by atoms with E-state index < -0.39 is 20.8 Å². The van der Waals surface area contributed by atoms with Gasteiger partial charge < -0.3 is 19.6 Å². The van der Waals surface area contributed by atoms with Crippen LogP contribution in [0.25, 0.3) is 0 Å². The van der Waals surface area contributed by atoms with Crippen molar-refractivity contribution in [2.45, 2.75) is 25.3 Å². The molecule has 0 spiro atoms. The molecule has 11 heteroatoms. The highest BCUT2D eigenvalue weighted by molar-refractivity contribution is 7.86. The second-order valence-corrected chi connectivity index (χ2v) is 12.6. The molecular weight excluding hydrogens is 606 g/mol. The lowest BCUT2D eigenvalue weighted by Gasteiger charge is -2.49. The van der Waals surface area contributed by atoms with Gasteiger partial charge >= 0.3 is 5.91 Å². The highest BCUT2D eigenvalue weighted by Gasteiger charge is 2.37. The van der Waals surface area contributed by atoms with Gasteiger partial charge in [0.05, 0.1) is 23.5 Å². The fourth-order valence-corrected chi connectivity index (χ4v) is 6.13. The molecule has 1 aliphatic rings. The van der Waals surface area contributed by atoms with Gasteiger partial charge in [0.1, 0.15) is 37.9 Å². The summed E-state index contributed by atoms with van der Waals surface area (Å²) in [6.45, 7) is 5.86. The molecule has 1 saturated heterocycles. The van der Waals surface area contributed by atoms with E-state index in [2.05, 4.69) is 4.90 Å². The lowest BCUT2D eigenvalue weighted by Crippen LogP contribution is -2.64. The molecular formula is C35H39N3O7S. The van der Waals surface area contributed by atoms with E-state index in [0.717, 1.165) is 22.6 Å². The van der Waals surface area contributed by atoms with Gasteiger partial charge in [0, 0.05) is 18.8 Å². The number of amides is 1. The minimum atomic E-state index is -3.92. The average molecular weight is 646 g/mol. The fraction of sp³-hybridized carbons (Fsp3) is 0.286. The van der Waals surface area contributed by atoms with E-state index in [1.165, 1.54) is 18.2 Å². The first-order valence-electron chi connectivity index (χ1n) is 15.3. The topological polar surface area (TPSA) is 108 Å². The molecule has 1 amide bonds. The van der Waals surface area contributed by atoms with Crippen LogP contribution in [-0.2, 0) is 20.9 Å². The van der Waals surface area contributed by atoms with Gasteiger partial charge in [-0.05, 0) is 74.0 Å². The SMILES string of the molecule is CC[N+]([O-])(C(=O)c1cccc(OCCOS(=O)(=O)c2ccc(C)cc2)c1)N1CCN(c2ccc(OCc3ccccc3)cc2)CC1. The molecule has 0 radical (unpaired) electrons. The van der Waals surface area contributed by atoms with Crippen molar-refractivity contribution >= 4 is 21.7 Å². The van der Waals surface area contributed by atoms with E-state index in [0.29, 0.717) is 38.5 Å². The second-order valence-electron chi connectivity index (χ2n) is 11.0. The number of ether oxygens (including phenoxy) is 2. The monoisotopic (exact) mass is 645 g/mol. The molecule has 1 aliphatic heterocycles. The lowest BCUT2D eigenvalue weighted by atomic mass is 10.2. The molecule has 1 unspecified atom stereocenters. The lowest BCUT2D eigenvalue weighted by molar-refractivity contribution is -0.920. The van der Waals surface area contributed by atoms with Crippen molar-refractivity contribution in [1.82, 2.24) is 5.01 Å². The molecule has 0 aliphatic carbocycles. The van der Waals surface area contributed by atoms with Crippen molar-refractivity contribution in [3.05, 3.63) is 125 Å². The molecule has 0 bridgehead atoms. The molecule has 10 nitrogen and oxygen atoms in total. The summed E-state index contributed by atoms with van der Waals surface area (Å²) < 4.78 is 40.4. The van der Waals surface area contributed by atoms with Crippen molar-refractivity contribution in [2.75, 3.05) is 50.8 Å². The summed E-state index contributed by atoms with van der Waals surface area (Å²) in [4.78, 5) is 15.8. The summed E-state index contributed by atoms with van der Waals surface area (Å²) in [6, 6.07) is 30.6. The second kappa shape index (κ2) is 14.9. The van der Waals surface area contributed by atoms with E-state index in [1.54, 1.807) is 42.3 Å². The van der Waals surface area contributed by atoms with Crippen LogP contribution in [0, 0.1) is 12.1 Å². The van der Waals surface area contributed by atoms with Crippen LogP contribution in [0.15, 0.2) is 108 Å². The Hall–Kier alpha value is -4.26. The zero-order chi connectivity index (χ0) is 32.6. The highest BCUT2D eigenvalue weighted by Crippen LogP contribution is 2.26. The van der Waals surface area contributed by atoms with E-state index >= 15 is 0 Å². The fourth-order valence-electron chi connectivity index (χ4n) is 5.24. The number of aryl methyl sites for hydroxylation is 1. The Morgan fingerprint density at radius 3 is 2.17 bits per heavy atom. The van der Waals surface area contributed by atoms with Crippen LogP contribution in [0.1, 0.15) is 28.4 Å². The number of hydroxylamine groups is 2. The number of anilines is 1. The van der Waals surface area contributed by atoms with Crippen LogP contribution >= 0.6 is 0 Å². The Morgan fingerprint density at radius 1 is 0.804 bits per heavy atom. The summed E-state index contributed by atoms with van der Waals surface area (Å²) >= 11 is 0. The van der Waals surface area contributed by atoms with Gasteiger partial charge in [-0.3, -0.25) is 4.18 Å². The maximum absolute atomic E-state index is 14.0. The Labute approximate surface area is 270 Å². The summed E-state index contributed by atoms with van der Waals surface area (Å²) in [7, 11) is -3.92. The van der Waals surface area contributed by atoms with Crippen molar-refractivity contribution in [1.29, 1.82) is 0 Å². The Bertz CT molecular complexity index is 1690. The summed E-state index contributed by atoms with van der Waals surface area (Å²) in [5, 5.41) is 15.7. The Morgan fingerprint density at radius 2 is 1.50 bits per heavy atom. The molecule has 5 rings (SSSR count). The molecule has 0 saturated carbocycles. The zero-order valence-corrected chi connectivity index (χ0v) is 26.9. The number of hydrogen-bond acceptors (Lipinski definition) is 9. The molecule has 242 valence electrons. The molecule has 1 heterocycles. The summed E-state index contributed by atoms with van der Waals surface area (Å²) in [5.74, 6) is 0.537. The number of carbonyl (C=O) groups excluding carboxylic acids is 1. The number of quaternary nitrogens is 1. The van der Waals surface area contributed by atoms with Gasteiger partial charge in [0.2, 0.25) is 0 Å². The number of nitrogens with zero attached hydrogens (tertiary/aromatic N) is 3. The van der Waals surface area contributed by atoms with Gasteiger partial charge in [-0.2, -0.15) is 8.42 Å². The van der Waals surface area contributed by atoms with Crippen molar-refractivity contribution in [2.24, 2.45) is 0 Å². The number of carbonyl (C=O) groups is 1. The predicted molar refractivity (Wildman–Crippen MR) is 176 cm³/mol. The predicted octanol–water partition coefficient (Wildman–Crippen LogP) is 5.57. The minimum Gasteiger partial charge on any atom is -0.604 e. The van der Waals surface area contributed by atoms with Gasteiger partial charge in [-0.25, -0.2) is 9.55 Å². The molecule has 46 heavy (non-hydrogen) atoms. The average Bonchev–Trinajstić information content (AvgIpc) is 3.09. The number of benzene rings is 4. The van der Waals surface area contributed by atoms with Gasteiger partial charge in [-0.15, -0.1) is 5.01 Å². The number of hydrogen-bond donors (Lipinski definition) is 0. The maximum atomic E-state index is 14.0. The normalized spacial score (nSPS) is 15.2. The highest BCUT2D eigenvalue weighted by atomic mass is 32.2. The molecule has 4 aromatic rings. The maximum Gasteiger partial charge on any atom is 0.365 e. The third kappa shape index (κ3) is 8.11. The largest absolute Gasteiger partial charge is 0.604 e. The van der Waals surface area contributed by atoms with E-state index in [4.69, 9.17) is 13.7 Å². The van der Waals surface area contributed by atoms with Crippen molar-refractivity contribution in [3.63, 3.8) is 0 Å². The Kier molecular flexibility index (Phi) is 10.7. The number of rotatable bonds is 13. The molecule has 1 atom stereocenters. The first-order chi connectivity index (χ1) is 22.2. The van der Waals surface area contributed by atoms with Gasteiger partial charge in [0.15, 0.2) is 0 Å². The van der Waals surface area contributed by atoms with Crippen LogP contribution in [0.5, 0.6) is 11.5 Å². The van der Waals surface area contributed by atoms with Crippen molar-refractivity contribution in [3.8, 4) is 11.5 Å². The van der Waals surface area contributed by atoms with Gasteiger partial charge in [-0.1, -0.05) is 54.1 Å². The first-order valence-corrected chi connectivity index (χ1v) is 16.7. The van der Waals surface area contributed by atoms with Crippen molar-refractivity contribution < 1.29 is 31.6 Å². The smallest absolute Gasteiger partial charge is 0.365 e. The molecule has 1 fully saturated rings. The Balaban J connectivity index is 1.13. The van der Waals surface area contributed by atoms with Crippen LogP contribution in [0.2, 0.25) is 0 Å². The summed E-state index contributed by atoms with van der Waals surface area (Å²) in [5.41, 5.74) is 3.29. The molecule has 0 aromatic heterocycles. The third-order valence-electron chi connectivity index (χ3n) is 7.89. The van der Waals surface area contributed by atoms with E-state index in [9.17, 15) is 18.4 Å². The quantitative estimate of drug-likeness (QED) is 0.0798. The molecule has 0 N–H and O–H groups in total. The third-order valence-corrected chi connectivity index (χ3v) is 9.22. The minimum absolute atomic E-state index is 0.0437. The van der Waals surface area contributed by atoms with Crippen LogP contribution in [-0.4, -0.2) is 70.0 Å². The van der Waals surface area contributed by atoms with Crippen LogP contribution < -0.4 is 14.4 Å². The van der Waals surface area contributed by atoms with Crippen LogP contribution in [0.3, 0.4) is 0 Å². The summed E-state index contributed by atoms with van der Waals surface area (Å²) in [6.07, 6.45) is 0. The van der Waals surface area contributed by atoms with E-state index in [-0.39, 0.29) is 30.2 Å². The molecule has 4 aromatic carbocycles. The first kappa shape index (κ1) is 33.1. The standard InChI is InChI=1S/C35H39N3O7S/c1-3-38(40,37-22-20-36(21-23-37)31-14-16-32(17-15-31)44-27-29-8-5-4-6-9-29)35(39)30-10-7-11-33(26-30)43-24-25-45-46(41,42)34-18-12-28(2)13-19-34/h4-19,26H,3,20-25,27H2,1-2H3. The van der Waals surface area contributed by atoms with E-state index in [1.807, 2.05) is 61.5 Å². The van der Waals surface area contributed by atoms with Gasteiger partial charge in [0.25, 0.3) is 10.1 Å². The van der Waals surface area contributed by atoms with Crippen LogP contribution in [0.4, 0.5) is 5.69 Å². The number of piperazine rings is 1. The zero-order valence-electron chi connectivity index (χ0n) is 26.1.